The summed E-state index contributed by atoms with van der Waals surface area (Å²) in [5.41, 5.74) is 0. The predicted octanol–water partition coefficient (Wildman–Crippen LogP) is 1.59. The van der Waals surface area contributed by atoms with Crippen molar-refractivity contribution in [1.82, 2.24) is 4.90 Å². The molecule has 0 atom stereocenters. The fourth-order valence-corrected chi connectivity index (χ4v) is 1.50. The molecule has 0 aromatic heterocycles. The first-order chi connectivity index (χ1) is 7.65. The van der Waals surface area contributed by atoms with Crippen molar-refractivity contribution in [3.8, 4) is 0 Å². The van der Waals surface area contributed by atoms with Gasteiger partial charge < -0.3 is 9.64 Å². The monoisotopic (exact) mass is 227 g/mol. The lowest BCUT2D eigenvalue weighted by molar-refractivity contribution is -0.149. The van der Waals surface area contributed by atoms with E-state index in [9.17, 15) is 9.59 Å². The van der Waals surface area contributed by atoms with E-state index < -0.39 is 0 Å². The average Bonchev–Trinajstić information content (AvgIpc) is 3.07. The van der Waals surface area contributed by atoms with Crippen LogP contribution in [0, 0.1) is 5.92 Å². The van der Waals surface area contributed by atoms with Gasteiger partial charge in [0.1, 0.15) is 6.54 Å². The minimum Gasteiger partial charge on any atom is -0.464 e. The largest absolute Gasteiger partial charge is 0.464 e. The second kappa shape index (κ2) is 6.51. The molecule has 1 saturated carbocycles. The molecule has 0 bridgehead atoms. The van der Waals surface area contributed by atoms with Crippen LogP contribution in [0.3, 0.4) is 0 Å². The molecule has 4 heteroatoms. The summed E-state index contributed by atoms with van der Waals surface area (Å²) < 4.78 is 5.03. The molecule has 1 fully saturated rings. The number of esters is 1. The third kappa shape index (κ3) is 4.64. The zero-order valence-corrected chi connectivity index (χ0v) is 10.2. The van der Waals surface area contributed by atoms with Gasteiger partial charge in [-0.15, -0.1) is 0 Å². The minimum atomic E-state index is -0.299. The number of carbonyl (C=O) groups excluding carboxylic acids is 2. The van der Waals surface area contributed by atoms with Gasteiger partial charge in [0.15, 0.2) is 0 Å². The zero-order valence-electron chi connectivity index (χ0n) is 10.2. The molecular weight excluding hydrogens is 206 g/mol. The van der Waals surface area contributed by atoms with E-state index in [2.05, 4.69) is 6.92 Å². The lowest BCUT2D eigenvalue weighted by Crippen LogP contribution is -2.34. The Hall–Kier alpha value is -1.06. The van der Waals surface area contributed by atoms with E-state index in [0.29, 0.717) is 6.61 Å². The standard InChI is InChI=1S/C12H21NO3/c1-3-4-5-8-16-11(14)9-13(2)12(15)10-6-7-10/h10H,3-9H2,1-2H3. The lowest BCUT2D eigenvalue weighted by atomic mass is 10.3. The number of amides is 1. The molecule has 0 radical (unpaired) electrons. The van der Waals surface area contributed by atoms with Crippen LogP contribution in [0.2, 0.25) is 0 Å². The molecule has 0 aliphatic heterocycles. The van der Waals surface area contributed by atoms with Crippen LogP contribution < -0.4 is 0 Å². The molecule has 0 aromatic carbocycles. The molecule has 0 aromatic rings. The Morgan fingerprint density at radius 3 is 2.56 bits per heavy atom. The van der Waals surface area contributed by atoms with E-state index >= 15 is 0 Å². The highest BCUT2D eigenvalue weighted by Crippen LogP contribution is 2.30. The molecule has 1 rings (SSSR count). The second-order valence-electron chi connectivity index (χ2n) is 4.40. The molecule has 4 nitrogen and oxygen atoms in total. The number of unbranched alkanes of at least 4 members (excludes halogenated alkanes) is 2. The van der Waals surface area contributed by atoms with Gasteiger partial charge in [-0.1, -0.05) is 19.8 Å². The molecule has 1 amide bonds. The van der Waals surface area contributed by atoms with E-state index in [1.54, 1.807) is 7.05 Å². The van der Waals surface area contributed by atoms with E-state index in [0.717, 1.165) is 32.1 Å². The summed E-state index contributed by atoms with van der Waals surface area (Å²) in [6.07, 6.45) is 5.02. The first-order valence-electron chi connectivity index (χ1n) is 6.05. The normalized spacial score (nSPS) is 14.6. The number of ether oxygens (including phenoxy) is 1. The van der Waals surface area contributed by atoms with E-state index in [4.69, 9.17) is 4.74 Å². The van der Waals surface area contributed by atoms with Crippen molar-refractivity contribution in [2.24, 2.45) is 5.92 Å². The molecular formula is C12H21NO3. The lowest BCUT2D eigenvalue weighted by Gasteiger charge is -2.15. The summed E-state index contributed by atoms with van der Waals surface area (Å²) in [5.74, 6) is -0.0593. The molecule has 92 valence electrons. The average molecular weight is 227 g/mol. The van der Waals surface area contributed by atoms with Gasteiger partial charge in [0.25, 0.3) is 0 Å². The molecule has 0 spiro atoms. The predicted molar refractivity (Wildman–Crippen MR) is 60.8 cm³/mol. The summed E-state index contributed by atoms with van der Waals surface area (Å²) in [6, 6.07) is 0. The number of nitrogens with zero attached hydrogens (tertiary/aromatic N) is 1. The molecule has 0 heterocycles. The third-order valence-electron chi connectivity index (χ3n) is 2.68. The molecule has 0 unspecified atom stereocenters. The fraction of sp³-hybridized carbons (Fsp3) is 0.833. The maximum absolute atomic E-state index is 11.5. The quantitative estimate of drug-likeness (QED) is 0.490. The maximum atomic E-state index is 11.5. The topological polar surface area (TPSA) is 46.6 Å². The third-order valence-corrected chi connectivity index (χ3v) is 2.68. The van der Waals surface area contributed by atoms with Crippen molar-refractivity contribution in [2.75, 3.05) is 20.2 Å². The number of hydrogen-bond donors (Lipinski definition) is 0. The number of likely N-dealkylation sites (N-methyl/N-ethyl adjacent to an activating group) is 1. The van der Waals surface area contributed by atoms with Crippen LogP contribution in [0.25, 0.3) is 0 Å². The van der Waals surface area contributed by atoms with Gasteiger partial charge in [0, 0.05) is 13.0 Å². The highest BCUT2D eigenvalue weighted by atomic mass is 16.5. The first kappa shape index (κ1) is 13.0. The smallest absolute Gasteiger partial charge is 0.325 e. The van der Waals surface area contributed by atoms with E-state index in [-0.39, 0.29) is 24.3 Å². The number of carbonyl (C=O) groups is 2. The van der Waals surface area contributed by atoms with E-state index in [1.165, 1.54) is 4.90 Å². The SMILES string of the molecule is CCCCCOC(=O)CN(C)C(=O)C1CC1. The van der Waals surface area contributed by atoms with Crippen molar-refractivity contribution >= 4 is 11.9 Å². The molecule has 16 heavy (non-hydrogen) atoms. The first-order valence-corrected chi connectivity index (χ1v) is 6.05. The van der Waals surface area contributed by atoms with Crippen molar-refractivity contribution in [1.29, 1.82) is 0 Å². The number of hydrogen-bond acceptors (Lipinski definition) is 3. The second-order valence-corrected chi connectivity index (χ2v) is 4.40. The van der Waals surface area contributed by atoms with E-state index in [1.807, 2.05) is 0 Å². The maximum Gasteiger partial charge on any atom is 0.325 e. The Bertz CT molecular complexity index is 249. The van der Waals surface area contributed by atoms with Crippen molar-refractivity contribution < 1.29 is 14.3 Å². The highest BCUT2D eigenvalue weighted by molar-refractivity contribution is 5.84. The fourth-order valence-electron chi connectivity index (χ4n) is 1.50. The molecule has 1 aliphatic carbocycles. The summed E-state index contributed by atoms with van der Waals surface area (Å²) in [7, 11) is 1.66. The van der Waals surface area contributed by atoms with Gasteiger partial charge in [0.2, 0.25) is 5.91 Å². The Kier molecular flexibility index (Phi) is 5.29. The molecule has 0 saturated heterocycles. The molecule has 1 aliphatic rings. The summed E-state index contributed by atoms with van der Waals surface area (Å²) in [4.78, 5) is 24.4. The van der Waals surface area contributed by atoms with Crippen molar-refractivity contribution in [3.05, 3.63) is 0 Å². The van der Waals surface area contributed by atoms with Crippen LogP contribution in [-0.2, 0) is 14.3 Å². The van der Waals surface area contributed by atoms with Crippen LogP contribution >= 0.6 is 0 Å². The number of rotatable bonds is 7. The Balaban J connectivity index is 2.10. The van der Waals surface area contributed by atoms with Crippen LogP contribution in [0.15, 0.2) is 0 Å². The van der Waals surface area contributed by atoms with Gasteiger partial charge in [-0.2, -0.15) is 0 Å². The Labute approximate surface area is 96.9 Å². The van der Waals surface area contributed by atoms with Gasteiger partial charge in [-0.05, 0) is 19.3 Å². The van der Waals surface area contributed by atoms with Gasteiger partial charge in [-0.3, -0.25) is 9.59 Å². The van der Waals surface area contributed by atoms with Gasteiger partial charge in [0.05, 0.1) is 6.61 Å². The summed E-state index contributed by atoms with van der Waals surface area (Å²) in [5, 5.41) is 0. The van der Waals surface area contributed by atoms with Crippen LogP contribution in [0.1, 0.15) is 39.0 Å². The summed E-state index contributed by atoms with van der Waals surface area (Å²) >= 11 is 0. The Morgan fingerprint density at radius 1 is 1.31 bits per heavy atom. The van der Waals surface area contributed by atoms with Crippen molar-refractivity contribution in [2.45, 2.75) is 39.0 Å². The van der Waals surface area contributed by atoms with Crippen LogP contribution in [0.5, 0.6) is 0 Å². The summed E-state index contributed by atoms with van der Waals surface area (Å²) in [6.45, 7) is 2.66. The zero-order chi connectivity index (χ0) is 12.0. The highest BCUT2D eigenvalue weighted by Gasteiger charge is 2.32. The van der Waals surface area contributed by atoms with Gasteiger partial charge in [-0.25, -0.2) is 0 Å². The molecule has 0 N–H and O–H groups in total. The van der Waals surface area contributed by atoms with Crippen LogP contribution in [0.4, 0.5) is 0 Å². The Morgan fingerprint density at radius 2 is 2.00 bits per heavy atom. The van der Waals surface area contributed by atoms with Crippen LogP contribution in [-0.4, -0.2) is 37.0 Å². The minimum absolute atomic E-state index is 0.0745. The van der Waals surface area contributed by atoms with Gasteiger partial charge >= 0.3 is 5.97 Å². The van der Waals surface area contributed by atoms with Crippen molar-refractivity contribution in [3.63, 3.8) is 0 Å².